The van der Waals surface area contributed by atoms with E-state index in [-0.39, 0.29) is 12.1 Å². The number of carbonyl (C=O) groups excluding carboxylic acids is 2. The number of methoxy groups -OCH3 is 1. The Balaban J connectivity index is 1.89. The number of hydrogen-bond donors (Lipinski definition) is 1. The second-order valence-electron chi connectivity index (χ2n) is 7.17. The number of para-hydroxylation sites is 1. The van der Waals surface area contributed by atoms with Crippen LogP contribution in [0.5, 0.6) is 0 Å². The maximum atomic E-state index is 12.8. The maximum absolute atomic E-state index is 12.8. The van der Waals surface area contributed by atoms with Gasteiger partial charge in [-0.05, 0) is 42.3 Å². The molecule has 0 aliphatic heterocycles. The van der Waals surface area contributed by atoms with Crippen LogP contribution in [0.25, 0.3) is 10.9 Å². The number of amides is 1. The molecule has 0 saturated carbocycles. The predicted molar refractivity (Wildman–Crippen MR) is 114 cm³/mol. The van der Waals surface area contributed by atoms with Gasteiger partial charge in [-0.25, -0.2) is 9.78 Å². The molecule has 0 saturated heterocycles. The van der Waals surface area contributed by atoms with E-state index in [0.29, 0.717) is 39.6 Å². The van der Waals surface area contributed by atoms with Crippen LogP contribution >= 0.6 is 11.3 Å². The van der Waals surface area contributed by atoms with E-state index < -0.39 is 11.9 Å². The lowest BCUT2D eigenvalue weighted by atomic mass is 10.0. The van der Waals surface area contributed by atoms with Crippen molar-refractivity contribution in [2.45, 2.75) is 33.7 Å². The lowest BCUT2D eigenvalue weighted by molar-refractivity contribution is -0.116. The van der Waals surface area contributed by atoms with Crippen LogP contribution in [0.2, 0.25) is 0 Å². The van der Waals surface area contributed by atoms with E-state index in [1.165, 1.54) is 23.0 Å². The molecule has 7 nitrogen and oxygen atoms in total. The van der Waals surface area contributed by atoms with Crippen molar-refractivity contribution in [2.24, 2.45) is 5.92 Å². The summed E-state index contributed by atoms with van der Waals surface area (Å²) in [6.45, 7) is 5.60. The highest BCUT2D eigenvalue weighted by Gasteiger charge is 2.22. The average Bonchev–Trinajstić information content (AvgIpc) is 3.05. The summed E-state index contributed by atoms with van der Waals surface area (Å²) in [5.74, 6) is -0.0986. The molecule has 29 heavy (non-hydrogen) atoms. The topological polar surface area (TPSA) is 90.3 Å². The fourth-order valence-corrected chi connectivity index (χ4v) is 4.16. The molecule has 8 heteroatoms. The van der Waals surface area contributed by atoms with Gasteiger partial charge in [-0.2, -0.15) is 0 Å². The first-order chi connectivity index (χ1) is 13.8. The van der Waals surface area contributed by atoms with E-state index in [2.05, 4.69) is 24.1 Å². The highest BCUT2D eigenvalue weighted by molar-refractivity contribution is 7.15. The number of hydrogen-bond acceptors (Lipinski definition) is 6. The highest BCUT2D eigenvalue weighted by Crippen LogP contribution is 2.30. The fraction of sp³-hybridized carbons (Fsp3) is 0.333. The number of fused-ring (bicyclic) bond motifs is 1. The zero-order chi connectivity index (χ0) is 21.1. The average molecular weight is 413 g/mol. The molecule has 2 heterocycles. The van der Waals surface area contributed by atoms with E-state index in [4.69, 9.17) is 4.74 Å². The fourth-order valence-electron chi connectivity index (χ4n) is 3.18. The van der Waals surface area contributed by atoms with Gasteiger partial charge in [0.05, 0.1) is 23.6 Å². The van der Waals surface area contributed by atoms with E-state index in [1.54, 1.807) is 25.1 Å². The monoisotopic (exact) mass is 413 g/mol. The summed E-state index contributed by atoms with van der Waals surface area (Å²) in [5, 5.41) is 5.50. The molecule has 3 aromatic rings. The Kier molecular flexibility index (Phi) is 6.12. The van der Waals surface area contributed by atoms with Gasteiger partial charge in [0, 0.05) is 0 Å². The first-order valence-corrected chi connectivity index (χ1v) is 10.1. The van der Waals surface area contributed by atoms with Gasteiger partial charge in [0.15, 0.2) is 0 Å². The minimum atomic E-state index is -0.488. The van der Waals surface area contributed by atoms with Crippen LogP contribution in [0.1, 0.15) is 35.6 Å². The van der Waals surface area contributed by atoms with Crippen LogP contribution in [-0.4, -0.2) is 28.5 Å². The number of anilines is 1. The minimum absolute atomic E-state index is 0.194. The van der Waals surface area contributed by atoms with Gasteiger partial charge in [0.1, 0.15) is 17.4 Å². The Morgan fingerprint density at radius 2 is 2.00 bits per heavy atom. The van der Waals surface area contributed by atoms with Crippen molar-refractivity contribution < 1.29 is 14.3 Å². The van der Waals surface area contributed by atoms with E-state index in [0.717, 1.165) is 5.56 Å². The van der Waals surface area contributed by atoms with Crippen molar-refractivity contribution >= 4 is 39.1 Å². The van der Waals surface area contributed by atoms with Gasteiger partial charge in [-0.15, -0.1) is 11.3 Å². The number of benzene rings is 1. The largest absolute Gasteiger partial charge is 0.465 e. The smallest absolute Gasteiger partial charge is 0.341 e. The SMILES string of the molecule is COC(=O)c1c(CC(C)C)csc1NC(=O)Cn1c(C)nc2ccccc2c1=O. The minimum Gasteiger partial charge on any atom is -0.465 e. The summed E-state index contributed by atoms with van der Waals surface area (Å²) in [6.07, 6.45) is 0.698. The van der Waals surface area contributed by atoms with Gasteiger partial charge >= 0.3 is 5.97 Å². The molecule has 152 valence electrons. The number of aromatic nitrogens is 2. The summed E-state index contributed by atoms with van der Waals surface area (Å²) >= 11 is 1.28. The molecule has 0 unspecified atom stereocenters. The second-order valence-corrected chi connectivity index (χ2v) is 8.05. The number of ether oxygens (including phenoxy) is 1. The van der Waals surface area contributed by atoms with E-state index >= 15 is 0 Å². The standard InChI is InChI=1S/C21H23N3O4S/c1-12(2)9-14-11-29-19(18(14)21(27)28-4)23-17(25)10-24-13(3)22-16-8-6-5-7-15(16)20(24)26/h5-8,11-12H,9-10H2,1-4H3,(H,23,25). The quantitative estimate of drug-likeness (QED) is 0.626. The summed E-state index contributed by atoms with van der Waals surface area (Å²) in [7, 11) is 1.31. The van der Waals surface area contributed by atoms with Crippen LogP contribution in [-0.2, 0) is 22.5 Å². The van der Waals surface area contributed by atoms with Crippen LogP contribution in [0.3, 0.4) is 0 Å². The summed E-state index contributed by atoms with van der Waals surface area (Å²) in [4.78, 5) is 42.1. The molecule has 0 bridgehead atoms. The predicted octanol–water partition coefficient (Wildman–Crippen LogP) is 3.39. The van der Waals surface area contributed by atoms with Gasteiger partial charge in [-0.1, -0.05) is 26.0 Å². The Labute approximate surface area is 172 Å². The Morgan fingerprint density at radius 1 is 1.28 bits per heavy atom. The number of carbonyl (C=O) groups is 2. The first-order valence-electron chi connectivity index (χ1n) is 9.26. The van der Waals surface area contributed by atoms with E-state index in [1.807, 2.05) is 11.4 Å². The number of thiophene rings is 1. The molecular formula is C21H23N3O4S. The molecule has 0 radical (unpaired) electrons. The number of aryl methyl sites for hydroxylation is 1. The third-order valence-corrected chi connectivity index (χ3v) is 5.44. The second kappa shape index (κ2) is 8.57. The van der Waals surface area contributed by atoms with Gasteiger partial charge in [0.25, 0.3) is 5.56 Å². The molecule has 1 N–H and O–H groups in total. The lowest BCUT2D eigenvalue weighted by Gasteiger charge is -2.12. The van der Waals surface area contributed by atoms with Crippen LogP contribution in [0.4, 0.5) is 5.00 Å². The summed E-state index contributed by atoms with van der Waals surface area (Å²) < 4.78 is 6.23. The molecule has 0 aliphatic rings. The molecule has 3 rings (SSSR count). The van der Waals surface area contributed by atoms with Crippen molar-refractivity contribution in [2.75, 3.05) is 12.4 Å². The molecule has 0 fully saturated rings. The molecular weight excluding hydrogens is 390 g/mol. The highest BCUT2D eigenvalue weighted by atomic mass is 32.1. The molecule has 0 aliphatic carbocycles. The zero-order valence-electron chi connectivity index (χ0n) is 16.8. The Hall–Kier alpha value is -3.00. The van der Waals surface area contributed by atoms with Gasteiger partial charge in [0.2, 0.25) is 5.91 Å². The Morgan fingerprint density at radius 3 is 2.69 bits per heavy atom. The lowest BCUT2D eigenvalue weighted by Crippen LogP contribution is -2.30. The molecule has 1 amide bonds. The number of rotatable bonds is 6. The first kappa shape index (κ1) is 20.7. The van der Waals surface area contributed by atoms with Gasteiger partial charge < -0.3 is 10.1 Å². The summed E-state index contributed by atoms with van der Waals surface area (Å²) in [6, 6.07) is 7.02. The van der Waals surface area contributed by atoms with Crippen LogP contribution < -0.4 is 10.9 Å². The van der Waals surface area contributed by atoms with E-state index in [9.17, 15) is 14.4 Å². The number of nitrogens with one attached hydrogen (secondary N) is 1. The van der Waals surface area contributed by atoms with Crippen molar-refractivity contribution in [3.05, 3.63) is 57.0 Å². The zero-order valence-corrected chi connectivity index (χ0v) is 17.6. The molecule has 2 aromatic heterocycles. The normalized spacial score (nSPS) is 11.1. The van der Waals surface area contributed by atoms with Crippen LogP contribution in [0, 0.1) is 12.8 Å². The third kappa shape index (κ3) is 4.37. The van der Waals surface area contributed by atoms with Crippen LogP contribution in [0.15, 0.2) is 34.4 Å². The van der Waals surface area contributed by atoms with Crippen molar-refractivity contribution in [3.8, 4) is 0 Å². The van der Waals surface area contributed by atoms with Gasteiger partial charge in [-0.3, -0.25) is 14.2 Å². The third-order valence-electron chi connectivity index (χ3n) is 4.49. The van der Waals surface area contributed by atoms with Crippen molar-refractivity contribution in [1.29, 1.82) is 0 Å². The molecule has 0 atom stereocenters. The van der Waals surface area contributed by atoms with Crippen molar-refractivity contribution in [3.63, 3.8) is 0 Å². The molecule has 1 aromatic carbocycles. The number of nitrogens with zero attached hydrogens (tertiary/aromatic N) is 2. The summed E-state index contributed by atoms with van der Waals surface area (Å²) in [5.41, 5.74) is 1.53. The number of esters is 1. The molecule has 0 spiro atoms. The maximum Gasteiger partial charge on any atom is 0.341 e. The van der Waals surface area contributed by atoms with Crippen molar-refractivity contribution in [1.82, 2.24) is 9.55 Å². The Bertz CT molecular complexity index is 1130.